The van der Waals surface area contributed by atoms with Crippen molar-refractivity contribution < 1.29 is 14.3 Å². The first kappa shape index (κ1) is 16.9. The molecule has 27 heavy (non-hydrogen) atoms. The number of rotatable bonds is 4. The van der Waals surface area contributed by atoms with Gasteiger partial charge in [0, 0.05) is 5.69 Å². The lowest BCUT2D eigenvalue weighted by Gasteiger charge is -2.25. The highest BCUT2D eigenvalue weighted by Gasteiger charge is 2.27. The Labute approximate surface area is 158 Å². The van der Waals surface area contributed by atoms with Crippen molar-refractivity contribution in [3.05, 3.63) is 90.0 Å². The molecule has 1 heterocycles. The van der Waals surface area contributed by atoms with Crippen LogP contribution >= 0.6 is 0 Å². The molecule has 1 N–H and O–H groups in total. The minimum Gasteiger partial charge on any atom is -0.485 e. The Morgan fingerprint density at radius 1 is 0.815 bits per heavy atom. The molecule has 0 saturated heterocycles. The maximum Gasteiger partial charge on any atom is 0.269 e. The summed E-state index contributed by atoms with van der Waals surface area (Å²) >= 11 is 0. The average molecular weight is 357 g/mol. The van der Waals surface area contributed by atoms with E-state index in [2.05, 4.69) is 23.5 Å². The molecule has 1 atom stereocenters. The van der Waals surface area contributed by atoms with Gasteiger partial charge >= 0.3 is 0 Å². The first-order valence-corrected chi connectivity index (χ1v) is 8.80. The number of nitrogens with one attached hydrogen (secondary N) is 1. The van der Waals surface area contributed by atoms with Gasteiger partial charge in [0.2, 0.25) is 6.10 Å². The summed E-state index contributed by atoms with van der Waals surface area (Å²) in [5.41, 5.74) is 2.92. The molecule has 4 rings (SSSR count). The van der Waals surface area contributed by atoms with E-state index >= 15 is 0 Å². The lowest BCUT2D eigenvalue weighted by molar-refractivity contribution is -0.125. The van der Waals surface area contributed by atoms with Gasteiger partial charge in [-0.3, -0.25) is 4.79 Å². The lowest BCUT2D eigenvalue weighted by atomic mass is 10.1. The summed E-state index contributed by atoms with van der Waals surface area (Å²) in [5.74, 6) is 1.03. The van der Waals surface area contributed by atoms with Gasteiger partial charge in [-0.2, -0.15) is 0 Å². The standard InChI is InChI=1S/C23H19NO3/c25-23(22-16-26-20-8-4-5-9-21(20)27-22)24-19-14-12-18(13-15-19)11-10-17-6-2-1-3-7-17/h1-15,22H,16H2,(H,24,25)/b11-10+/t22-/m1/s1. The summed E-state index contributed by atoms with van der Waals surface area (Å²) in [5, 5.41) is 2.88. The Morgan fingerprint density at radius 3 is 2.19 bits per heavy atom. The number of benzene rings is 3. The number of carbonyl (C=O) groups is 1. The number of ether oxygens (including phenoxy) is 2. The summed E-state index contributed by atoms with van der Waals surface area (Å²) in [6, 6.07) is 25.1. The van der Waals surface area contributed by atoms with Crippen molar-refractivity contribution in [3.63, 3.8) is 0 Å². The van der Waals surface area contributed by atoms with Crippen LogP contribution < -0.4 is 14.8 Å². The van der Waals surface area contributed by atoms with Crippen LogP contribution in [-0.4, -0.2) is 18.6 Å². The summed E-state index contributed by atoms with van der Waals surface area (Å²) in [4.78, 5) is 12.4. The molecule has 4 heteroatoms. The van der Waals surface area contributed by atoms with Crippen LogP contribution in [-0.2, 0) is 4.79 Å². The molecule has 0 spiro atoms. The minimum atomic E-state index is -0.669. The predicted molar refractivity (Wildman–Crippen MR) is 107 cm³/mol. The zero-order chi connectivity index (χ0) is 18.5. The Balaban J connectivity index is 1.37. The quantitative estimate of drug-likeness (QED) is 0.692. The third-order valence-corrected chi connectivity index (χ3v) is 4.25. The number of hydrogen-bond acceptors (Lipinski definition) is 3. The van der Waals surface area contributed by atoms with Crippen LogP contribution in [0.25, 0.3) is 12.2 Å². The van der Waals surface area contributed by atoms with Gasteiger partial charge in [0.25, 0.3) is 5.91 Å². The average Bonchev–Trinajstić information content (AvgIpc) is 2.73. The zero-order valence-electron chi connectivity index (χ0n) is 14.7. The third-order valence-electron chi connectivity index (χ3n) is 4.25. The number of para-hydroxylation sites is 2. The Bertz CT molecular complexity index is 949. The minimum absolute atomic E-state index is 0.195. The van der Waals surface area contributed by atoms with Crippen molar-refractivity contribution >= 4 is 23.7 Å². The molecular formula is C23H19NO3. The normalized spacial score (nSPS) is 15.5. The maximum absolute atomic E-state index is 12.4. The van der Waals surface area contributed by atoms with E-state index in [1.165, 1.54) is 0 Å². The molecule has 3 aromatic rings. The van der Waals surface area contributed by atoms with Crippen molar-refractivity contribution in [1.82, 2.24) is 0 Å². The highest BCUT2D eigenvalue weighted by molar-refractivity contribution is 5.94. The van der Waals surface area contributed by atoms with Gasteiger partial charge < -0.3 is 14.8 Å². The van der Waals surface area contributed by atoms with Gasteiger partial charge in [0.1, 0.15) is 6.61 Å². The molecule has 3 aromatic carbocycles. The predicted octanol–water partition coefficient (Wildman–Crippen LogP) is 4.64. The number of fused-ring (bicyclic) bond motifs is 1. The van der Waals surface area contributed by atoms with Gasteiger partial charge in [-0.1, -0.05) is 66.7 Å². The SMILES string of the molecule is O=C(Nc1ccc(/C=C/c2ccccc2)cc1)[C@H]1COc2ccccc2O1. The van der Waals surface area contributed by atoms with Crippen LogP contribution in [0.2, 0.25) is 0 Å². The van der Waals surface area contributed by atoms with Gasteiger partial charge in [-0.15, -0.1) is 0 Å². The first-order chi connectivity index (χ1) is 13.3. The van der Waals surface area contributed by atoms with E-state index in [0.29, 0.717) is 11.5 Å². The summed E-state index contributed by atoms with van der Waals surface area (Å²) in [6.45, 7) is 0.195. The van der Waals surface area contributed by atoms with Gasteiger partial charge in [0.15, 0.2) is 11.5 Å². The van der Waals surface area contributed by atoms with E-state index in [1.807, 2.05) is 66.7 Å². The molecule has 0 bridgehead atoms. The monoisotopic (exact) mass is 357 g/mol. The molecule has 0 radical (unpaired) electrons. The van der Waals surface area contributed by atoms with Gasteiger partial charge in [-0.05, 0) is 35.4 Å². The molecule has 1 amide bonds. The van der Waals surface area contributed by atoms with Crippen LogP contribution in [0.15, 0.2) is 78.9 Å². The van der Waals surface area contributed by atoms with E-state index in [9.17, 15) is 4.79 Å². The molecule has 0 saturated carbocycles. The van der Waals surface area contributed by atoms with E-state index in [0.717, 1.165) is 16.8 Å². The molecule has 0 unspecified atom stereocenters. The Hall–Kier alpha value is -3.53. The van der Waals surface area contributed by atoms with Crippen LogP contribution in [0, 0.1) is 0 Å². The van der Waals surface area contributed by atoms with Crippen LogP contribution in [0.5, 0.6) is 11.5 Å². The van der Waals surface area contributed by atoms with E-state index in [1.54, 1.807) is 6.07 Å². The summed E-state index contributed by atoms with van der Waals surface area (Å²) < 4.78 is 11.3. The van der Waals surface area contributed by atoms with Gasteiger partial charge in [0.05, 0.1) is 0 Å². The van der Waals surface area contributed by atoms with Crippen molar-refractivity contribution in [2.24, 2.45) is 0 Å². The fraction of sp³-hybridized carbons (Fsp3) is 0.0870. The molecule has 4 nitrogen and oxygen atoms in total. The number of carbonyl (C=O) groups excluding carboxylic acids is 1. The second-order valence-electron chi connectivity index (χ2n) is 6.22. The first-order valence-electron chi connectivity index (χ1n) is 8.80. The lowest BCUT2D eigenvalue weighted by Crippen LogP contribution is -2.40. The van der Waals surface area contributed by atoms with E-state index in [-0.39, 0.29) is 12.5 Å². The number of amides is 1. The largest absolute Gasteiger partial charge is 0.485 e. The molecule has 1 aliphatic rings. The third kappa shape index (κ3) is 4.18. The maximum atomic E-state index is 12.4. The molecular weight excluding hydrogens is 338 g/mol. The molecule has 0 aliphatic carbocycles. The highest BCUT2D eigenvalue weighted by atomic mass is 16.6. The fourth-order valence-electron chi connectivity index (χ4n) is 2.81. The molecule has 0 aromatic heterocycles. The Kier molecular flexibility index (Phi) is 4.88. The zero-order valence-corrected chi connectivity index (χ0v) is 14.7. The number of hydrogen-bond donors (Lipinski definition) is 1. The second kappa shape index (κ2) is 7.79. The molecule has 0 fully saturated rings. The second-order valence-corrected chi connectivity index (χ2v) is 6.22. The van der Waals surface area contributed by atoms with Crippen LogP contribution in [0.4, 0.5) is 5.69 Å². The number of anilines is 1. The molecule has 134 valence electrons. The van der Waals surface area contributed by atoms with Crippen molar-refractivity contribution in [2.45, 2.75) is 6.10 Å². The topological polar surface area (TPSA) is 47.6 Å². The van der Waals surface area contributed by atoms with Crippen molar-refractivity contribution in [1.29, 1.82) is 0 Å². The molecule has 1 aliphatic heterocycles. The van der Waals surface area contributed by atoms with Gasteiger partial charge in [-0.25, -0.2) is 0 Å². The van der Waals surface area contributed by atoms with Crippen LogP contribution in [0.3, 0.4) is 0 Å². The summed E-state index contributed by atoms with van der Waals surface area (Å²) in [6.07, 6.45) is 3.42. The van der Waals surface area contributed by atoms with E-state index in [4.69, 9.17) is 9.47 Å². The van der Waals surface area contributed by atoms with E-state index < -0.39 is 6.10 Å². The van der Waals surface area contributed by atoms with Crippen LogP contribution in [0.1, 0.15) is 11.1 Å². The Morgan fingerprint density at radius 2 is 1.44 bits per heavy atom. The van der Waals surface area contributed by atoms with Crippen molar-refractivity contribution in [2.75, 3.05) is 11.9 Å². The highest BCUT2D eigenvalue weighted by Crippen LogP contribution is 2.31. The fourth-order valence-corrected chi connectivity index (χ4v) is 2.81. The van der Waals surface area contributed by atoms with Crippen molar-refractivity contribution in [3.8, 4) is 11.5 Å². The smallest absolute Gasteiger partial charge is 0.269 e. The summed E-state index contributed by atoms with van der Waals surface area (Å²) in [7, 11) is 0.